The molecule has 34 heavy (non-hydrogen) atoms. The molecule has 0 radical (unpaired) electrons. The van der Waals surface area contributed by atoms with Crippen molar-refractivity contribution in [3.63, 3.8) is 0 Å². The molecule has 0 unspecified atom stereocenters. The maximum Gasteiger partial charge on any atom is 0.417 e. The second-order valence-corrected chi connectivity index (χ2v) is 10.2. The third-order valence-electron chi connectivity index (χ3n) is 4.96. The van der Waals surface area contributed by atoms with Crippen molar-refractivity contribution in [2.45, 2.75) is 78.8 Å². The highest BCUT2D eigenvalue weighted by molar-refractivity contribution is 9.10. The van der Waals surface area contributed by atoms with Gasteiger partial charge in [-0.15, -0.1) is 0 Å². The first-order valence-electron chi connectivity index (χ1n) is 11.1. The molecular weight excluding hydrogens is 517 g/mol. The molecule has 1 aromatic carbocycles. The third kappa shape index (κ3) is 7.65. The van der Waals surface area contributed by atoms with Crippen LogP contribution in [0.2, 0.25) is 0 Å². The van der Waals surface area contributed by atoms with Crippen molar-refractivity contribution in [3.8, 4) is 11.6 Å². The number of carbonyl (C=O) groups excluding carboxylic acids is 1. The first-order valence-corrected chi connectivity index (χ1v) is 11.9. The molecule has 0 spiro atoms. The van der Waals surface area contributed by atoms with Gasteiger partial charge in [-0.2, -0.15) is 13.2 Å². The smallest absolute Gasteiger partial charge is 0.417 e. The van der Waals surface area contributed by atoms with Gasteiger partial charge in [-0.1, -0.05) is 20.3 Å². The predicted molar refractivity (Wildman–Crippen MR) is 128 cm³/mol. The minimum Gasteiger partial charge on any atom is -0.490 e. The zero-order valence-electron chi connectivity index (χ0n) is 20.5. The number of alkyl halides is 3. The molecule has 190 valence electrons. The number of halogens is 4. The van der Waals surface area contributed by atoms with E-state index in [1.165, 1.54) is 6.07 Å². The highest BCUT2D eigenvalue weighted by Gasteiger charge is 2.36. The van der Waals surface area contributed by atoms with E-state index < -0.39 is 29.5 Å². The van der Waals surface area contributed by atoms with E-state index >= 15 is 0 Å². The summed E-state index contributed by atoms with van der Waals surface area (Å²) >= 11 is 3.31. The van der Waals surface area contributed by atoms with Gasteiger partial charge in [-0.25, -0.2) is 9.78 Å². The summed E-state index contributed by atoms with van der Waals surface area (Å²) in [7, 11) is 0. The molecule has 2 rings (SSSR count). The Hall–Kier alpha value is -2.23. The number of nitrogens with zero attached hydrogens (tertiary/aromatic N) is 1. The number of hydrogen-bond acceptors (Lipinski definition) is 5. The lowest BCUT2D eigenvalue weighted by Gasteiger charge is -2.27. The molecule has 0 aliphatic rings. The van der Waals surface area contributed by atoms with E-state index in [1.807, 2.05) is 13.8 Å². The fourth-order valence-electron chi connectivity index (χ4n) is 3.18. The van der Waals surface area contributed by atoms with Gasteiger partial charge < -0.3 is 19.5 Å². The van der Waals surface area contributed by atoms with Crippen molar-refractivity contribution >= 4 is 32.9 Å². The van der Waals surface area contributed by atoms with Crippen molar-refractivity contribution in [3.05, 3.63) is 28.2 Å². The predicted octanol–water partition coefficient (Wildman–Crippen LogP) is 7.12. The van der Waals surface area contributed by atoms with Crippen LogP contribution in [0, 0.1) is 5.92 Å². The lowest BCUT2D eigenvalue weighted by Crippen LogP contribution is -2.45. The van der Waals surface area contributed by atoms with Gasteiger partial charge in [0.15, 0.2) is 0 Å². The van der Waals surface area contributed by atoms with Crippen LogP contribution in [0.25, 0.3) is 10.9 Å². The summed E-state index contributed by atoms with van der Waals surface area (Å²) in [6.07, 6.45) is -4.91. The van der Waals surface area contributed by atoms with Crippen molar-refractivity contribution < 1.29 is 32.2 Å². The van der Waals surface area contributed by atoms with Crippen LogP contribution in [0.3, 0.4) is 0 Å². The number of amides is 1. The van der Waals surface area contributed by atoms with Crippen molar-refractivity contribution in [2.24, 2.45) is 5.92 Å². The van der Waals surface area contributed by atoms with Crippen LogP contribution in [0.5, 0.6) is 11.6 Å². The Labute approximate surface area is 206 Å². The molecule has 0 aliphatic carbocycles. The number of nitrogens with one attached hydrogen (secondary N) is 1. The molecule has 1 aromatic heterocycles. The molecule has 0 saturated heterocycles. The highest BCUT2D eigenvalue weighted by Crippen LogP contribution is 2.43. The standard InChI is InChI=1S/C24H32BrF3N2O4/c1-8-14(4)18(30-22(31)34-23(5,6)7)12-32-21-16(25)9-10-17-20(21)15(24(26,27)28)11-19(29-17)33-13(2)3/h9-11,13-14,18H,8,12H2,1-7H3,(H,30,31)/t14-,18+/m1/s1. The average Bonchev–Trinajstić information content (AvgIpc) is 2.68. The van der Waals surface area contributed by atoms with E-state index in [4.69, 9.17) is 14.2 Å². The third-order valence-corrected chi connectivity index (χ3v) is 5.58. The lowest BCUT2D eigenvalue weighted by atomic mass is 10.00. The molecule has 2 aromatic rings. The Morgan fingerprint density at radius 1 is 1.18 bits per heavy atom. The molecular formula is C24H32BrF3N2O4. The molecule has 0 bridgehead atoms. The molecule has 0 aliphatic heterocycles. The number of fused-ring (bicyclic) bond motifs is 1. The minimum absolute atomic E-state index is 0.00675. The average molecular weight is 549 g/mol. The molecule has 1 amide bonds. The molecule has 6 nitrogen and oxygen atoms in total. The molecule has 1 N–H and O–H groups in total. The number of ether oxygens (including phenoxy) is 3. The zero-order valence-corrected chi connectivity index (χ0v) is 22.1. The van der Waals surface area contributed by atoms with Crippen LogP contribution in [-0.4, -0.2) is 35.4 Å². The van der Waals surface area contributed by atoms with Gasteiger partial charge in [0.2, 0.25) is 5.88 Å². The van der Waals surface area contributed by atoms with Gasteiger partial charge in [0.05, 0.1) is 33.1 Å². The summed E-state index contributed by atoms with van der Waals surface area (Å²) in [5, 5.41) is 2.60. The minimum atomic E-state index is -4.67. The first-order chi connectivity index (χ1) is 15.6. The van der Waals surface area contributed by atoms with E-state index in [9.17, 15) is 18.0 Å². The lowest BCUT2D eigenvalue weighted by molar-refractivity contribution is -0.136. The van der Waals surface area contributed by atoms with Crippen LogP contribution in [0.1, 0.15) is 60.5 Å². The van der Waals surface area contributed by atoms with Gasteiger partial charge in [0.1, 0.15) is 18.0 Å². The SMILES string of the molecule is CC[C@@H](C)[C@H](COc1c(Br)ccc2nc(OC(C)C)cc(C(F)(F)F)c12)NC(=O)OC(C)(C)C. The largest absolute Gasteiger partial charge is 0.490 e. The molecule has 2 atom stereocenters. The summed E-state index contributed by atoms with van der Waals surface area (Å²) in [6, 6.07) is 3.43. The summed E-state index contributed by atoms with van der Waals surface area (Å²) in [5.74, 6) is -0.146. The fraction of sp³-hybridized carbons (Fsp3) is 0.583. The van der Waals surface area contributed by atoms with Crippen LogP contribution < -0.4 is 14.8 Å². The Kier molecular flexibility index (Phi) is 9.07. The summed E-state index contributed by atoms with van der Waals surface area (Å²) < 4.78 is 59.1. The Morgan fingerprint density at radius 2 is 1.82 bits per heavy atom. The number of rotatable bonds is 8. The van der Waals surface area contributed by atoms with Crippen LogP contribution in [0.15, 0.2) is 22.7 Å². The van der Waals surface area contributed by atoms with Gasteiger partial charge in [0.25, 0.3) is 0 Å². The van der Waals surface area contributed by atoms with E-state index in [1.54, 1.807) is 40.7 Å². The van der Waals surface area contributed by atoms with Crippen molar-refractivity contribution in [2.75, 3.05) is 6.61 Å². The van der Waals surface area contributed by atoms with Crippen LogP contribution in [0.4, 0.5) is 18.0 Å². The van der Waals surface area contributed by atoms with E-state index in [0.717, 1.165) is 6.07 Å². The van der Waals surface area contributed by atoms with Crippen LogP contribution in [-0.2, 0) is 10.9 Å². The van der Waals surface area contributed by atoms with Gasteiger partial charge in [-0.3, -0.25) is 0 Å². The maximum absolute atomic E-state index is 14.0. The Balaban J connectivity index is 2.46. The van der Waals surface area contributed by atoms with E-state index in [0.29, 0.717) is 10.9 Å². The van der Waals surface area contributed by atoms with Gasteiger partial charge in [0, 0.05) is 6.07 Å². The first kappa shape index (κ1) is 28.0. The van der Waals surface area contributed by atoms with Gasteiger partial charge >= 0.3 is 12.3 Å². The molecule has 10 heteroatoms. The quantitative estimate of drug-likeness (QED) is 0.380. The highest BCUT2D eigenvalue weighted by atomic mass is 79.9. The van der Waals surface area contributed by atoms with Gasteiger partial charge in [-0.05, 0) is 68.6 Å². The summed E-state index contributed by atoms with van der Waals surface area (Å²) in [6.45, 7) is 12.5. The Morgan fingerprint density at radius 3 is 2.35 bits per heavy atom. The summed E-state index contributed by atoms with van der Waals surface area (Å²) in [4.78, 5) is 16.6. The molecule has 1 heterocycles. The van der Waals surface area contributed by atoms with E-state index in [-0.39, 0.29) is 41.2 Å². The number of hydrogen-bond donors (Lipinski definition) is 1. The number of benzene rings is 1. The van der Waals surface area contributed by atoms with Crippen LogP contribution >= 0.6 is 15.9 Å². The number of aromatic nitrogens is 1. The number of alkyl carbamates (subject to hydrolysis) is 1. The number of pyridine rings is 1. The summed E-state index contributed by atoms with van der Waals surface area (Å²) in [5.41, 5.74) is -1.51. The topological polar surface area (TPSA) is 69.7 Å². The monoisotopic (exact) mass is 548 g/mol. The Bertz CT molecular complexity index is 1010. The molecule has 0 fully saturated rings. The molecule has 0 saturated carbocycles. The fourth-order valence-corrected chi connectivity index (χ4v) is 3.62. The second kappa shape index (κ2) is 11.0. The normalized spacial score (nSPS) is 14.1. The number of carbonyl (C=O) groups is 1. The maximum atomic E-state index is 14.0. The van der Waals surface area contributed by atoms with Crippen molar-refractivity contribution in [1.29, 1.82) is 0 Å². The van der Waals surface area contributed by atoms with E-state index in [2.05, 4.69) is 26.2 Å². The second-order valence-electron chi connectivity index (χ2n) is 9.39. The van der Waals surface area contributed by atoms with Crippen molar-refractivity contribution in [1.82, 2.24) is 10.3 Å². The zero-order chi connectivity index (χ0) is 25.8.